The van der Waals surface area contributed by atoms with Gasteiger partial charge in [-0.1, -0.05) is 50.0 Å². The largest absolute Gasteiger partial charge is 0.122 e. The number of hydrogen-bond acceptors (Lipinski definition) is 0. The monoisotopic (exact) mass is 278 g/mol. The average Bonchev–Trinajstić information content (AvgIpc) is 2.15. The van der Waals surface area contributed by atoms with Crippen LogP contribution in [0.15, 0.2) is 18.2 Å². The van der Waals surface area contributed by atoms with E-state index in [9.17, 15) is 0 Å². The number of hydrogen-bond donors (Lipinski definition) is 0. The molecule has 0 aliphatic heterocycles. The fourth-order valence-corrected chi connectivity index (χ4v) is 2.17. The first-order valence-electron chi connectivity index (χ1n) is 5.39. The molecule has 1 unspecified atom stereocenters. The van der Waals surface area contributed by atoms with Crippen LogP contribution < -0.4 is 0 Å². The standard InChI is InChI=1S/C13H17Cl3/c1-13(2,3)12(16)8-7-9-10(14)5-4-6-11(9)15/h4-6,12H,7-8H2,1-3H3. The molecule has 90 valence electrons. The summed E-state index contributed by atoms with van der Waals surface area (Å²) in [4.78, 5) is 0. The van der Waals surface area contributed by atoms with E-state index in [-0.39, 0.29) is 10.8 Å². The van der Waals surface area contributed by atoms with E-state index >= 15 is 0 Å². The number of halogens is 3. The molecular formula is C13H17Cl3. The van der Waals surface area contributed by atoms with Crippen LogP contribution in [0.1, 0.15) is 32.8 Å². The van der Waals surface area contributed by atoms with E-state index in [0.717, 1.165) is 28.5 Å². The molecule has 1 atom stereocenters. The lowest BCUT2D eigenvalue weighted by Gasteiger charge is -2.25. The summed E-state index contributed by atoms with van der Waals surface area (Å²) >= 11 is 18.5. The summed E-state index contributed by atoms with van der Waals surface area (Å²) in [5.74, 6) is 0. The van der Waals surface area contributed by atoms with E-state index in [1.807, 2.05) is 18.2 Å². The van der Waals surface area contributed by atoms with Crippen LogP contribution in [0, 0.1) is 5.41 Å². The van der Waals surface area contributed by atoms with Gasteiger partial charge in [0.05, 0.1) is 0 Å². The second-order valence-electron chi connectivity index (χ2n) is 5.07. The van der Waals surface area contributed by atoms with Crippen molar-refractivity contribution in [2.75, 3.05) is 0 Å². The SMILES string of the molecule is CC(C)(C)C(Cl)CCc1c(Cl)cccc1Cl. The third kappa shape index (κ3) is 3.84. The van der Waals surface area contributed by atoms with Gasteiger partial charge in [-0.3, -0.25) is 0 Å². The van der Waals surface area contributed by atoms with Crippen molar-refractivity contribution in [3.63, 3.8) is 0 Å². The molecular weight excluding hydrogens is 263 g/mol. The quantitative estimate of drug-likeness (QED) is 0.634. The van der Waals surface area contributed by atoms with Gasteiger partial charge in [0.2, 0.25) is 0 Å². The Morgan fingerprint density at radius 2 is 1.62 bits per heavy atom. The lowest BCUT2D eigenvalue weighted by Crippen LogP contribution is -2.21. The minimum Gasteiger partial charge on any atom is -0.122 e. The summed E-state index contributed by atoms with van der Waals surface area (Å²) in [6, 6.07) is 5.59. The van der Waals surface area contributed by atoms with Gasteiger partial charge in [0, 0.05) is 15.4 Å². The molecule has 0 amide bonds. The van der Waals surface area contributed by atoms with Crippen LogP contribution in [0.3, 0.4) is 0 Å². The molecule has 0 aliphatic rings. The first kappa shape index (κ1) is 14.2. The molecule has 0 saturated heterocycles. The molecule has 0 aromatic heterocycles. The zero-order chi connectivity index (χ0) is 12.3. The third-order valence-corrected chi connectivity index (χ3v) is 4.23. The van der Waals surface area contributed by atoms with E-state index in [0.29, 0.717) is 0 Å². The Morgan fingerprint density at radius 1 is 1.12 bits per heavy atom. The summed E-state index contributed by atoms with van der Waals surface area (Å²) in [6.07, 6.45) is 1.71. The fourth-order valence-electron chi connectivity index (χ4n) is 1.48. The van der Waals surface area contributed by atoms with Gasteiger partial charge in [-0.2, -0.15) is 0 Å². The Balaban J connectivity index is 2.69. The van der Waals surface area contributed by atoms with Gasteiger partial charge >= 0.3 is 0 Å². The highest BCUT2D eigenvalue weighted by Crippen LogP contribution is 2.31. The molecule has 3 heteroatoms. The maximum absolute atomic E-state index is 6.33. The molecule has 1 aromatic carbocycles. The predicted molar refractivity (Wildman–Crippen MR) is 73.9 cm³/mol. The van der Waals surface area contributed by atoms with Crippen LogP contribution in [0.2, 0.25) is 10.0 Å². The molecule has 0 nitrogen and oxygen atoms in total. The van der Waals surface area contributed by atoms with Crippen molar-refractivity contribution in [2.45, 2.75) is 39.0 Å². The van der Waals surface area contributed by atoms with Crippen molar-refractivity contribution in [1.82, 2.24) is 0 Å². The van der Waals surface area contributed by atoms with Crippen LogP contribution >= 0.6 is 34.8 Å². The topological polar surface area (TPSA) is 0 Å². The van der Waals surface area contributed by atoms with Crippen LogP contribution in [0.25, 0.3) is 0 Å². The molecule has 1 rings (SSSR count). The smallest absolute Gasteiger partial charge is 0.0452 e. The molecule has 0 heterocycles. The minimum atomic E-state index is 0.106. The molecule has 0 radical (unpaired) electrons. The minimum absolute atomic E-state index is 0.106. The Morgan fingerprint density at radius 3 is 2.06 bits per heavy atom. The van der Waals surface area contributed by atoms with E-state index < -0.39 is 0 Å². The maximum Gasteiger partial charge on any atom is 0.0452 e. The van der Waals surface area contributed by atoms with Gasteiger partial charge < -0.3 is 0 Å². The summed E-state index contributed by atoms with van der Waals surface area (Å²) in [5.41, 5.74) is 1.11. The molecule has 0 fully saturated rings. The molecule has 1 aromatic rings. The predicted octanol–water partition coefficient (Wildman–Crippen LogP) is 5.58. The van der Waals surface area contributed by atoms with Gasteiger partial charge in [0.25, 0.3) is 0 Å². The van der Waals surface area contributed by atoms with Crippen molar-refractivity contribution < 1.29 is 0 Å². The third-order valence-electron chi connectivity index (χ3n) is 2.65. The van der Waals surface area contributed by atoms with Crippen LogP contribution in [-0.4, -0.2) is 5.38 Å². The maximum atomic E-state index is 6.33. The van der Waals surface area contributed by atoms with Crippen LogP contribution in [0.5, 0.6) is 0 Å². The summed E-state index contributed by atoms with van der Waals surface area (Å²) in [5, 5.41) is 1.58. The zero-order valence-electron chi connectivity index (χ0n) is 9.86. The first-order valence-corrected chi connectivity index (χ1v) is 6.58. The molecule has 0 N–H and O–H groups in total. The van der Waals surface area contributed by atoms with E-state index in [1.54, 1.807) is 0 Å². The molecule has 0 spiro atoms. The van der Waals surface area contributed by atoms with Gasteiger partial charge in [-0.05, 0) is 36.0 Å². The summed E-state index contributed by atoms with van der Waals surface area (Å²) in [6.45, 7) is 6.41. The number of rotatable bonds is 3. The number of benzene rings is 1. The van der Waals surface area contributed by atoms with Crippen molar-refractivity contribution in [3.05, 3.63) is 33.8 Å². The normalized spacial score (nSPS) is 13.9. The molecule has 0 saturated carbocycles. The molecule has 16 heavy (non-hydrogen) atoms. The van der Waals surface area contributed by atoms with Crippen molar-refractivity contribution in [2.24, 2.45) is 5.41 Å². The molecule has 0 aliphatic carbocycles. The van der Waals surface area contributed by atoms with Crippen molar-refractivity contribution in [1.29, 1.82) is 0 Å². The second-order valence-corrected chi connectivity index (χ2v) is 6.41. The lowest BCUT2D eigenvalue weighted by molar-refractivity contribution is 0.374. The van der Waals surface area contributed by atoms with E-state index in [4.69, 9.17) is 34.8 Å². The van der Waals surface area contributed by atoms with E-state index in [1.165, 1.54) is 0 Å². The lowest BCUT2D eigenvalue weighted by atomic mass is 9.88. The van der Waals surface area contributed by atoms with Crippen LogP contribution in [-0.2, 0) is 6.42 Å². The Hall–Kier alpha value is 0.0900. The van der Waals surface area contributed by atoms with Crippen molar-refractivity contribution >= 4 is 34.8 Å². The second kappa shape index (κ2) is 5.62. The number of alkyl halides is 1. The summed E-state index contributed by atoms with van der Waals surface area (Å²) < 4.78 is 0. The van der Waals surface area contributed by atoms with Crippen LogP contribution in [0.4, 0.5) is 0 Å². The Kier molecular flexibility index (Phi) is 4.97. The zero-order valence-corrected chi connectivity index (χ0v) is 12.1. The Labute approximate surface area is 113 Å². The van der Waals surface area contributed by atoms with E-state index in [2.05, 4.69) is 20.8 Å². The van der Waals surface area contributed by atoms with Gasteiger partial charge in [0.1, 0.15) is 0 Å². The van der Waals surface area contributed by atoms with Gasteiger partial charge in [-0.15, -0.1) is 11.6 Å². The first-order chi connectivity index (χ1) is 7.32. The van der Waals surface area contributed by atoms with Crippen molar-refractivity contribution in [3.8, 4) is 0 Å². The summed E-state index contributed by atoms with van der Waals surface area (Å²) in [7, 11) is 0. The van der Waals surface area contributed by atoms with Gasteiger partial charge in [-0.25, -0.2) is 0 Å². The highest BCUT2D eigenvalue weighted by Gasteiger charge is 2.22. The van der Waals surface area contributed by atoms with Gasteiger partial charge in [0.15, 0.2) is 0 Å². The fraction of sp³-hybridized carbons (Fsp3) is 0.538. The highest BCUT2D eigenvalue weighted by atomic mass is 35.5. The highest BCUT2D eigenvalue weighted by molar-refractivity contribution is 6.36. The molecule has 0 bridgehead atoms. The average molecular weight is 280 g/mol. The Bertz CT molecular complexity index is 332.